The molecule has 3 heteroatoms. The molecule has 0 bridgehead atoms. The molecule has 2 rings (SSSR count). The molecule has 15 heavy (non-hydrogen) atoms. The Morgan fingerprint density at radius 3 is 3.13 bits per heavy atom. The number of nitrogens with zero attached hydrogens (tertiary/aromatic N) is 1. The van der Waals surface area contributed by atoms with E-state index < -0.39 is 0 Å². The monoisotopic (exact) mass is 207 g/mol. The number of likely N-dealkylation sites (N-methyl/N-ethyl adjacent to an activating group) is 1. The minimum atomic E-state index is 0.384. The summed E-state index contributed by atoms with van der Waals surface area (Å²) in [5.74, 6) is 1.32. The molecule has 0 aromatic rings. The van der Waals surface area contributed by atoms with Crippen LogP contribution >= 0.6 is 0 Å². The van der Waals surface area contributed by atoms with Gasteiger partial charge in [-0.25, -0.2) is 0 Å². The van der Waals surface area contributed by atoms with E-state index >= 15 is 0 Å². The van der Waals surface area contributed by atoms with Gasteiger partial charge >= 0.3 is 0 Å². The smallest absolute Gasteiger partial charge is 0.115 e. The molecule has 1 aliphatic carbocycles. The standard InChI is InChI=1S/C12H17NO2/c1-13-5-6-15-9-10-3-4-12(14-2)7-11(10)8-13/h3-4,7,9,11H,5-6,8H2,1-2H3. The van der Waals surface area contributed by atoms with Gasteiger partial charge in [0.25, 0.3) is 0 Å². The van der Waals surface area contributed by atoms with Gasteiger partial charge < -0.3 is 14.4 Å². The summed E-state index contributed by atoms with van der Waals surface area (Å²) < 4.78 is 10.7. The third-order valence-corrected chi connectivity index (χ3v) is 2.79. The lowest BCUT2D eigenvalue weighted by Crippen LogP contribution is -2.31. The van der Waals surface area contributed by atoms with E-state index in [9.17, 15) is 0 Å². The van der Waals surface area contributed by atoms with E-state index in [1.54, 1.807) is 7.11 Å². The van der Waals surface area contributed by atoms with Crippen molar-refractivity contribution in [2.75, 3.05) is 33.9 Å². The van der Waals surface area contributed by atoms with E-state index in [-0.39, 0.29) is 0 Å². The van der Waals surface area contributed by atoms with E-state index in [4.69, 9.17) is 9.47 Å². The molecule has 0 fully saturated rings. The van der Waals surface area contributed by atoms with Crippen molar-refractivity contribution >= 4 is 0 Å². The molecule has 1 aliphatic heterocycles. The van der Waals surface area contributed by atoms with Gasteiger partial charge in [-0.1, -0.05) is 6.08 Å². The Bertz CT molecular complexity index is 318. The number of allylic oxidation sites excluding steroid dienone is 2. The molecule has 0 N–H and O–H groups in total. The first kappa shape index (κ1) is 10.3. The molecule has 0 amide bonds. The summed E-state index contributed by atoms with van der Waals surface area (Å²) in [5, 5.41) is 0. The zero-order valence-corrected chi connectivity index (χ0v) is 9.27. The summed E-state index contributed by atoms with van der Waals surface area (Å²) in [6, 6.07) is 0. The van der Waals surface area contributed by atoms with Crippen LogP contribution in [0.4, 0.5) is 0 Å². The predicted octanol–water partition coefficient (Wildman–Crippen LogP) is 1.55. The second kappa shape index (κ2) is 4.53. The Balaban J connectivity index is 2.19. The number of hydrogen-bond acceptors (Lipinski definition) is 3. The second-order valence-electron chi connectivity index (χ2n) is 3.96. The van der Waals surface area contributed by atoms with Crippen molar-refractivity contribution in [2.45, 2.75) is 0 Å². The van der Waals surface area contributed by atoms with E-state index in [1.165, 1.54) is 5.57 Å². The van der Waals surface area contributed by atoms with Crippen molar-refractivity contribution in [2.24, 2.45) is 5.92 Å². The van der Waals surface area contributed by atoms with Crippen LogP contribution in [0, 0.1) is 5.92 Å². The van der Waals surface area contributed by atoms with Crippen LogP contribution in [0.1, 0.15) is 0 Å². The summed E-state index contributed by atoms with van der Waals surface area (Å²) in [6.45, 7) is 2.76. The minimum Gasteiger partial charge on any atom is -0.500 e. The van der Waals surface area contributed by atoms with Gasteiger partial charge in [0.15, 0.2) is 0 Å². The Labute approximate surface area is 90.7 Å². The Hall–Kier alpha value is -1.22. The molecule has 0 radical (unpaired) electrons. The van der Waals surface area contributed by atoms with Gasteiger partial charge in [-0.15, -0.1) is 0 Å². The molecule has 0 saturated carbocycles. The molecule has 0 aromatic carbocycles. The fourth-order valence-corrected chi connectivity index (χ4v) is 1.86. The highest BCUT2D eigenvalue weighted by Gasteiger charge is 2.19. The van der Waals surface area contributed by atoms with Gasteiger partial charge in [0.2, 0.25) is 0 Å². The van der Waals surface area contributed by atoms with Crippen LogP contribution in [0.3, 0.4) is 0 Å². The topological polar surface area (TPSA) is 21.7 Å². The van der Waals surface area contributed by atoms with E-state index in [1.807, 2.05) is 12.3 Å². The summed E-state index contributed by atoms with van der Waals surface area (Å²) >= 11 is 0. The number of fused-ring (bicyclic) bond motifs is 1. The minimum absolute atomic E-state index is 0.384. The average Bonchev–Trinajstić information content (AvgIpc) is 2.22. The van der Waals surface area contributed by atoms with Crippen molar-refractivity contribution in [3.63, 3.8) is 0 Å². The number of hydrogen-bond donors (Lipinski definition) is 0. The Morgan fingerprint density at radius 1 is 1.47 bits per heavy atom. The molecule has 0 saturated heterocycles. The molecule has 1 unspecified atom stereocenters. The SMILES string of the molecule is COC1=CC2CN(C)CCOC=C2C=C1. The van der Waals surface area contributed by atoms with Crippen LogP contribution in [0.25, 0.3) is 0 Å². The Morgan fingerprint density at radius 2 is 2.33 bits per heavy atom. The van der Waals surface area contributed by atoms with E-state index in [0.717, 1.165) is 25.5 Å². The van der Waals surface area contributed by atoms with Crippen LogP contribution < -0.4 is 0 Å². The van der Waals surface area contributed by atoms with Crippen LogP contribution in [-0.4, -0.2) is 38.8 Å². The maximum absolute atomic E-state index is 5.46. The second-order valence-corrected chi connectivity index (χ2v) is 3.96. The lowest BCUT2D eigenvalue weighted by molar-refractivity contribution is 0.175. The third-order valence-electron chi connectivity index (χ3n) is 2.79. The zero-order chi connectivity index (χ0) is 10.7. The maximum atomic E-state index is 5.46. The van der Waals surface area contributed by atoms with Crippen LogP contribution in [0.5, 0.6) is 0 Å². The molecule has 1 atom stereocenters. The fraction of sp³-hybridized carbons (Fsp3) is 0.500. The molecule has 0 aromatic heterocycles. The number of rotatable bonds is 1. The first-order chi connectivity index (χ1) is 7.29. The van der Waals surface area contributed by atoms with Gasteiger partial charge in [-0.3, -0.25) is 0 Å². The number of methoxy groups -OCH3 is 1. The van der Waals surface area contributed by atoms with Gasteiger partial charge in [0, 0.05) is 19.0 Å². The first-order valence-corrected chi connectivity index (χ1v) is 5.23. The number of ether oxygens (including phenoxy) is 2. The largest absolute Gasteiger partial charge is 0.500 e. The highest BCUT2D eigenvalue weighted by atomic mass is 16.5. The van der Waals surface area contributed by atoms with Gasteiger partial charge in [-0.2, -0.15) is 0 Å². The Kier molecular flexibility index (Phi) is 3.11. The van der Waals surface area contributed by atoms with Crippen molar-refractivity contribution in [1.82, 2.24) is 4.90 Å². The highest BCUT2D eigenvalue weighted by Crippen LogP contribution is 2.24. The quantitative estimate of drug-likeness (QED) is 0.651. The first-order valence-electron chi connectivity index (χ1n) is 5.23. The summed E-state index contributed by atoms with van der Waals surface area (Å²) in [6.07, 6.45) is 8.07. The van der Waals surface area contributed by atoms with Crippen molar-refractivity contribution in [3.8, 4) is 0 Å². The molecule has 0 spiro atoms. The predicted molar refractivity (Wildman–Crippen MR) is 59.3 cm³/mol. The molecule has 1 heterocycles. The molecule has 82 valence electrons. The normalized spacial score (nSPS) is 26.7. The molecular formula is C12H17NO2. The molecule has 2 aliphatic rings. The van der Waals surface area contributed by atoms with Crippen LogP contribution in [-0.2, 0) is 9.47 Å². The van der Waals surface area contributed by atoms with Crippen molar-refractivity contribution < 1.29 is 9.47 Å². The van der Waals surface area contributed by atoms with Gasteiger partial charge in [-0.05, 0) is 24.8 Å². The van der Waals surface area contributed by atoms with Crippen molar-refractivity contribution in [3.05, 3.63) is 35.8 Å². The molecule has 3 nitrogen and oxygen atoms in total. The summed E-state index contributed by atoms with van der Waals surface area (Å²) in [7, 11) is 3.82. The van der Waals surface area contributed by atoms with Crippen molar-refractivity contribution in [1.29, 1.82) is 0 Å². The molecular weight excluding hydrogens is 190 g/mol. The van der Waals surface area contributed by atoms with Crippen LogP contribution in [0.2, 0.25) is 0 Å². The summed E-state index contributed by atoms with van der Waals surface area (Å²) in [5.41, 5.74) is 1.22. The summed E-state index contributed by atoms with van der Waals surface area (Å²) in [4.78, 5) is 2.28. The lowest BCUT2D eigenvalue weighted by atomic mass is 9.94. The van der Waals surface area contributed by atoms with Gasteiger partial charge in [0.05, 0.1) is 20.0 Å². The van der Waals surface area contributed by atoms with E-state index in [0.29, 0.717) is 5.92 Å². The highest BCUT2D eigenvalue weighted by molar-refractivity contribution is 5.35. The average molecular weight is 207 g/mol. The lowest BCUT2D eigenvalue weighted by Gasteiger charge is -2.27. The maximum Gasteiger partial charge on any atom is 0.115 e. The van der Waals surface area contributed by atoms with E-state index in [2.05, 4.69) is 24.1 Å². The van der Waals surface area contributed by atoms with Gasteiger partial charge in [0.1, 0.15) is 5.76 Å². The van der Waals surface area contributed by atoms with Crippen LogP contribution in [0.15, 0.2) is 35.8 Å². The third kappa shape index (κ3) is 2.42. The zero-order valence-electron chi connectivity index (χ0n) is 9.27. The fourth-order valence-electron chi connectivity index (χ4n) is 1.86.